The van der Waals surface area contributed by atoms with Gasteiger partial charge in [0, 0.05) is 10.2 Å². The van der Waals surface area contributed by atoms with Crippen molar-refractivity contribution in [1.29, 1.82) is 0 Å². The number of allylic oxidation sites excluding steroid dienone is 2. The maximum absolute atomic E-state index is 13.2. The molecule has 0 N–H and O–H groups in total. The second-order valence-corrected chi connectivity index (χ2v) is 7.76. The van der Waals surface area contributed by atoms with Crippen LogP contribution >= 0.6 is 11.8 Å². The minimum atomic E-state index is -0.181. The topological polar surface area (TPSA) is 0 Å². The molecule has 1 radical (unpaired) electrons. The van der Waals surface area contributed by atoms with Gasteiger partial charge < -0.3 is 0 Å². The van der Waals surface area contributed by atoms with Crippen molar-refractivity contribution in [3.8, 4) is 0 Å². The number of benzene rings is 1. The number of rotatable bonds is 7. The Hall–Kier alpha value is -0.760. The van der Waals surface area contributed by atoms with Gasteiger partial charge in [-0.05, 0) is 43.2 Å². The van der Waals surface area contributed by atoms with Crippen LogP contribution in [0.1, 0.15) is 46.1 Å². The van der Waals surface area contributed by atoms with Crippen molar-refractivity contribution in [3.63, 3.8) is 0 Å². The molecule has 0 spiro atoms. The van der Waals surface area contributed by atoms with E-state index in [-0.39, 0.29) is 16.0 Å². The van der Waals surface area contributed by atoms with Gasteiger partial charge in [0.1, 0.15) is 5.82 Å². The van der Waals surface area contributed by atoms with Crippen LogP contribution in [-0.4, -0.2) is 10.5 Å². The third-order valence-electron chi connectivity index (χ3n) is 3.76. The minimum Gasteiger partial charge on any atom is -0.207 e. The zero-order valence-corrected chi connectivity index (χ0v) is 13.9. The summed E-state index contributed by atoms with van der Waals surface area (Å²) in [7, 11) is 0. The Morgan fingerprint density at radius 2 is 1.80 bits per heavy atom. The van der Waals surface area contributed by atoms with Crippen LogP contribution in [0, 0.1) is 12.7 Å². The van der Waals surface area contributed by atoms with E-state index >= 15 is 0 Å². The average Bonchev–Trinajstić information content (AvgIpc) is 2.38. The first-order valence-corrected chi connectivity index (χ1v) is 8.24. The molecule has 1 atom stereocenters. The molecule has 1 aromatic rings. The van der Waals surface area contributed by atoms with E-state index in [1.54, 1.807) is 12.1 Å². The third kappa shape index (κ3) is 4.37. The van der Waals surface area contributed by atoms with E-state index in [0.717, 1.165) is 18.6 Å². The molecule has 0 amide bonds. The molecule has 0 nitrogen and oxygen atoms in total. The van der Waals surface area contributed by atoms with Crippen molar-refractivity contribution in [2.24, 2.45) is 0 Å². The Bertz CT molecular complexity index is 433. The highest BCUT2D eigenvalue weighted by atomic mass is 32.2. The van der Waals surface area contributed by atoms with Gasteiger partial charge >= 0.3 is 0 Å². The van der Waals surface area contributed by atoms with Gasteiger partial charge in [-0.15, -0.1) is 0 Å². The number of hydrogen-bond acceptors (Lipinski definition) is 1. The molecular formula is C18H26FS. The quantitative estimate of drug-likeness (QED) is 0.613. The smallest absolute Gasteiger partial charge is 0.123 e. The third-order valence-corrected chi connectivity index (χ3v) is 4.98. The van der Waals surface area contributed by atoms with Crippen molar-refractivity contribution in [3.05, 3.63) is 54.7 Å². The second kappa shape index (κ2) is 7.31. The van der Waals surface area contributed by atoms with Gasteiger partial charge in [0.05, 0.1) is 0 Å². The molecule has 0 heterocycles. The Morgan fingerprint density at radius 3 is 2.25 bits per heavy atom. The molecule has 111 valence electrons. The van der Waals surface area contributed by atoms with E-state index in [2.05, 4.69) is 40.7 Å². The second-order valence-electron chi connectivity index (χ2n) is 5.79. The van der Waals surface area contributed by atoms with Crippen molar-refractivity contribution in [1.82, 2.24) is 0 Å². The first kappa shape index (κ1) is 17.3. The van der Waals surface area contributed by atoms with Gasteiger partial charge in [-0.3, -0.25) is 0 Å². The van der Waals surface area contributed by atoms with Crippen LogP contribution in [0.25, 0.3) is 0 Å². The molecule has 0 aliphatic heterocycles. The van der Waals surface area contributed by atoms with E-state index in [4.69, 9.17) is 0 Å². The summed E-state index contributed by atoms with van der Waals surface area (Å²) in [6.07, 6.45) is 6.06. The summed E-state index contributed by atoms with van der Waals surface area (Å²) in [5.74, 6) is 0.921. The van der Waals surface area contributed by atoms with Gasteiger partial charge in [0.15, 0.2) is 0 Å². The number of thioether (sulfide) groups is 1. The van der Waals surface area contributed by atoms with E-state index in [1.807, 2.05) is 30.0 Å². The Morgan fingerprint density at radius 1 is 1.20 bits per heavy atom. The molecule has 0 saturated heterocycles. The van der Waals surface area contributed by atoms with E-state index < -0.39 is 0 Å². The zero-order valence-electron chi connectivity index (χ0n) is 13.1. The maximum atomic E-state index is 13.2. The van der Waals surface area contributed by atoms with Gasteiger partial charge in [-0.1, -0.05) is 52.0 Å². The van der Waals surface area contributed by atoms with Crippen LogP contribution < -0.4 is 0 Å². The molecule has 0 aromatic heterocycles. The minimum absolute atomic E-state index is 0.0683. The molecular weight excluding hydrogens is 267 g/mol. The van der Waals surface area contributed by atoms with Crippen LogP contribution in [0.4, 0.5) is 4.39 Å². The van der Waals surface area contributed by atoms with Crippen LogP contribution in [0.3, 0.4) is 0 Å². The molecule has 2 heteroatoms. The molecule has 0 bridgehead atoms. The van der Waals surface area contributed by atoms with Crippen LogP contribution in [0.15, 0.2) is 36.4 Å². The molecule has 0 saturated carbocycles. The summed E-state index contributed by atoms with van der Waals surface area (Å²) in [4.78, 5) is 0. The van der Waals surface area contributed by atoms with Crippen molar-refractivity contribution >= 4 is 11.8 Å². The first-order chi connectivity index (χ1) is 9.39. The van der Waals surface area contributed by atoms with E-state index in [0.29, 0.717) is 0 Å². The largest absolute Gasteiger partial charge is 0.207 e. The average molecular weight is 293 g/mol. The first-order valence-electron chi connectivity index (χ1n) is 7.26. The molecule has 0 fully saturated rings. The van der Waals surface area contributed by atoms with Crippen LogP contribution in [0.2, 0.25) is 0 Å². The molecule has 0 aliphatic rings. The maximum Gasteiger partial charge on any atom is 0.123 e. The van der Waals surface area contributed by atoms with Gasteiger partial charge in [-0.25, -0.2) is 4.39 Å². The fourth-order valence-electron chi connectivity index (χ4n) is 2.91. The monoisotopic (exact) mass is 293 g/mol. The van der Waals surface area contributed by atoms with Crippen molar-refractivity contribution in [2.75, 3.05) is 5.75 Å². The highest BCUT2D eigenvalue weighted by Gasteiger charge is 2.34. The summed E-state index contributed by atoms with van der Waals surface area (Å²) in [6.45, 7) is 12.8. The lowest BCUT2D eigenvalue weighted by molar-refractivity contribution is 0.421. The predicted molar refractivity (Wildman–Crippen MR) is 89.7 cm³/mol. The molecule has 20 heavy (non-hydrogen) atoms. The summed E-state index contributed by atoms with van der Waals surface area (Å²) in [5, 5.41) is 0. The highest BCUT2D eigenvalue weighted by Crippen LogP contribution is 2.42. The lowest BCUT2D eigenvalue weighted by atomic mass is 9.72. The fraction of sp³-hybridized carbons (Fsp3) is 0.500. The van der Waals surface area contributed by atoms with Crippen LogP contribution in [-0.2, 0) is 5.41 Å². The summed E-state index contributed by atoms with van der Waals surface area (Å²) in [6, 6.07) is 6.92. The van der Waals surface area contributed by atoms with Crippen molar-refractivity contribution in [2.45, 2.75) is 50.7 Å². The standard InChI is InChI=1S/C18H26FS/c1-6-13-18(7-2,14-17(4,5)20-8-3)15-9-11-16(19)12-10-15/h6,9-13H,1,7-8,14H2,2-5H3. The Labute approximate surface area is 127 Å². The highest BCUT2D eigenvalue weighted by molar-refractivity contribution is 8.00. The summed E-state index contributed by atoms with van der Waals surface area (Å²) >= 11 is 1.97. The molecule has 1 rings (SSSR count). The molecule has 1 unspecified atom stereocenters. The van der Waals surface area contributed by atoms with Crippen LogP contribution in [0.5, 0.6) is 0 Å². The molecule has 0 aliphatic carbocycles. The van der Waals surface area contributed by atoms with Crippen molar-refractivity contribution < 1.29 is 4.39 Å². The van der Waals surface area contributed by atoms with E-state index in [9.17, 15) is 4.39 Å². The fourth-order valence-corrected chi connectivity index (χ4v) is 4.05. The summed E-state index contributed by atoms with van der Waals surface area (Å²) in [5.41, 5.74) is 1.10. The van der Waals surface area contributed by atoms with E-state index in [1.165, 1.54) is 5.56 Å². The lowest BCUT2D eigenvalue weighted by Gasteiger charge is -2.38. The Kier molecular flexibility index (Phi) is 6.32. The lowest BCUT2D eigenvalue weighted by Crippen LogP contribution is -2.32. The van der Waals surface area contributed by atoms with Gasteiger partial charge in [0.25, 0.3) is 0 Å². The number of hydrogen-bond donors (Lipinski definition) is 0. The molecule has 1 aromatic carbocycles. The number of halogens is 1. The Balaban J connectivity index is 3.18. The predicted octanol–water partition coefficient (Wildman–Crippen LogP) is 5.79. The van der Waals surface area contributed by atoms with Gasteiger partial charge in [0.2, 0.25) is 0 Å². The normalized spacial score (nSPS) is 15.5. The SMILES string of the molecule is [CH2]C=CC(CC)(CC(C)(C)SCC)c1ccc(F)cc1. The van der Waals surface area contributed by atoms with Gasteiger partial charge in [-0.2, -0.15) is 11.8 Å². The zero-order chi connectivity index (χ0) is 15.2. The summed E-state index contributed by atoms with van der Waals surface area (Å²) < 4.78 is 13.4.